The molecule has 1 aromatic carbocycles. The summed E-state index contributed by atoms with van der Waals surface area (Å²) in [4.78, 5) is 0.807. The van der Waals surface area contributed by atoms with E-state index in [0.29, 0.717) is 0 Å². The van der Waals surface area contributed by atoms with E-state index in [1.54, 1.807) is 12.1 Å². The Morgan fingerprint density at radius 1 is 1.42 bits per heavy atom. The van der Waals surface area contributed by atoms with Crippen LogP contribution in [0.25, 0.3) is 0 Å². The topological polar surface area (TPSA) is 46.2 Å². The summed E-state index contributed by atoms with van der Waals surface area (Å²) in [7, 11) is -2.37. The zero-order valence-electron chi connectivity index (χ0n) is 6.23. The van der Waals surface area contributed by atoms with Crippen molar-refractivity contribution in [3.05, 3.63) is 24.3 Å². The highest BCUT2D eigenvalue weighted by Crippen LogP contribution is 2.12. The van der Waals surface area contributed by atoms with E-state index >= 15 is 0 Å². The highest BCUT2D eigenvalue weighted by atomic mass is 32.2. The summed E-state index contributed by atoms with van der Waals surface area (Å²) in [6, 6.07) is 7.19. The molecule has 0 radical (unpaired) electrons. The van der Waals surface area contributed by atoms with Gasteiger partial charge in [0.2, 0.25) is 0 Å². The summed E-state index contributed by atoms with van der Waals surface area (Å²) in [6.45, 7) is 0. The fourth-order valence-corrected chi connectivity index (χ4v) is 1.31. The molecule has 0 aliphatic rings. The van der Waals surface area contributed by atoms with Crippen LogP contribution < -0.4 is 5.32 Å². The number of anilines is 1. The van der Waals surface area contributed by atoms with Gasteiger partial charge in [0.05, 0.1) is 0 Å². The lowest BCUT2D eigenvalue weighted by Crippen LogP contribution is -2.01. The van der Waals surface area contributed by atoms with Gasteiger partial charge in [-0.15, -0.1) is 12.6 Å². The molecule has 0 unspecified atom stereocenters. The average molecular weight is 203 g/mol. The fraction of sp³-hybridized carbons (Fsp3) is 0.143. The molecule has 0 aliphatic heterocycles. The maximum Gasteiger partial charge on any atom is 0.158 e. The van der Waals surface area contributed by atoms with Gasteiger partial charge in [-0.3, -0.25) is 0 Å². The quantitative estimate of drug-likeness (QED) is 0.641. The smallest absolute Gasteiger partial charge is 0.158 e. The van der Waals surface area contributed by atoms with E-state index in [4.69, 9.17) is 0 Å². The van der Waals surface area contributed by atoms with Crippen molar-refractivity contribution in [2.24, 2.45) is 0 Å². The van der Waals surface area contributed by atoms with Crippen LogP contribution in [0.1, 0.15) is 0 Å². The van der Waals surface area contributed by atoms with Crippen LogP contribution in [-0.4, -0.2) is 14.3 Å². The number of nitrogens with one attached hydrogen (secondary N) is 1. The maximum absolute atomic E-state index is 10.2. The van der Waals surface area contributed by atoms with Crippen LogP contribution in [0.4, 0.5) is 5.69 Å². The minimum absolute atomic E-state index is 0.0352. The fourth-order valence-electron chi connectivity index (χ4n) is 0.772. The van der Waals surface area contributed by atoms with Gasteiger partial charge in [0.25, 0.3) is 0 Å². The predicted octanol–water partition coefficient (Wildman–Crippen LogP) is 0.956. The minimum Gasteiger partial charge on any atom is -0.372 e. The molecule has 0 amide bonds. The van der Waals surface area contributed by atoms with E-state index in [9.17, 15) is 8.42 Å². The average Bonchev–Trinajstić information content (AvgIpc) is 2.01. The Hall–Kier alpha value is -0.680. The second kappa shape index (κ2) is 4.37. The van der Waals surface area contributed by atoms with Gasteiger partial charge in [0.1, 0.15) is 5.88 Å². The van der Waals surface area contributed by atoms with Crippen molar-refractivity contribution in [2.45, 2.75) is 4.90 Å². The van der Waals surface area contributed by atoms with Gasteiger partial charge >= 0.3 is 0 Å². The molecule has 66 valence electrons. The minimum atomic E-state index is -2.37. The molecule has 1 N–H and O–H groups in total. The van der Waals surface area contributed by atoms with Crippen molar-refractivity contribution in [3.63, 3.8) is 0 Å². The summed E-state index contributed by atoms with van der Waals surface area (Å²) < 4.78 is 20.4. The number of hydrogen-bond donors (Lipinski definition) is 3. The van der Waals surface area contributed by atoms with E-state index in [-0.39, 0.29) is 5.88 Å². The Morgan fingerprint density at radius 2 is 2.17 bits per heavy atom. The number of rotatable bonds is 3. The number of hydrogen-bond acceptors (Lipinski definition) is 4. The first kappa shape index (κ1) is 9.41. The van der Waals surface area contributed by atoms with Crippen LogP contribution in [0.3, 0.4) is 0 Å². The van der Waals surface area contributed by atoms with Gasteiger partial charge < -0.3 is 5.32 Å². The van der Waals surface area contributed by atoms with Crippen LogP contribution in [0.2, 0.25) is 0 Å². The Bertz CT molecular complexity index is 328. The van der Waals surface area contributed by atoms with Gasteiger partial charge in [-0.05, 0) is 18.2 Å². The summed E-state index contributed by atoms with van der Waals surface area (Å²) in [5.74, 6) is -0.0352. The third-order valence-electron chi connectivity index (χ3n) is 1.26. The Morgan fingerprint density at radius 3 is 2.75 bits per heavy atom. The predicted molar refractivity (Wildman–Crippen MR) is 52.5 cm³/mol. The molecular formula is C7H9NO2S2. The van der Waals surface area contributed by atoms with Crippen LogP contribution in [0.15, 0.2) is 29.2 Å². The van der Waals surface area contributed by atoms with Gasteiger partial charge in [0.15, 0.2) is 10.7 Å². The molecular weight excluding hydrogens is 194 g/mol. The largest absolute Gasteiger partial charge is 0.372 e. The van der Waals surface area contributed by atoms with E-state index in [1.807, 2.05) is 12.1 Å². The van der Waals surface area contributed by atoms with Crippen molar-refractivity contribution in [2.75, 3.05) is 11.2 Å². The Balaban J connectivity index is 2.63. The second-order valence-electron chi connectivity index (χ2n) is 2.22. The molecule has 0 spiro atoms. The third kappa shape index (κ3) is 3.15. The molecule has 0 aliphatic carbocycles. The first-order valence-electron chi connectivity index (χ1n) is 3.33. The van der Waals surface area contributed by atoms with E-state index in [1.165, 1.54) is 0 Å². The highest BCUT2D eigenvalue weighted by molar-refractivity contribution is 7.80. The lowest BCUT2D eigenvalue weighted by Gasteiger charge is -2.01. The number of thiol groups is 2. The molecule has 0 heterocycles. The molecule has 0 bridgehead atoms. The van der Waals surface area contributed by atoms with Crippen molar-refractivity contribution in [3.8, 4) is 0 Å². The van der Waals surface area contributed by atoms with Crippen LogP contribution in [0.5, 0.6) is 0 Å². The standard InChI is InChI=1S/C7H9NO2S2/c9-12(10)5-8-6-2-1-3-7(11)4-6/h1-4,8,11-12H,5H2. The van der Waals surface area contributed by atoms with Crippen molar-refractivity contribution < 1.29 is 8.42 Å². The zero-order chi connectivity index (χ0) is 8.97. The van der Waals surface area contributed by atoms with Crippen LogP contribution in [0, 0.1) is 0 Å². The third-order valence-corrected chi connectivity index (χ3v) is 1.95. The molecule has 0 aromatic heterocycles. The Labute approximate surface area is 78.2 Å². The number of benzene rings is 1. The Kier molecular flexibility index (Phi) is 3.43. The first-order chi connectivity index (χ1) is 5.68. The molecule has 5 heteroatoms. The SMILES string of the molecule is O=[SH](=O)CNc1cccc(S)c1. The summed E-state index contributed by atoms with van der Waals surface area (Å²) >= 11 is 4.11. The van der Waals surface area contributed by atoms with E-state index in [0.717, 1.165) is 10.6 Å². The lowest BCUT2D eigenvalue weighted by atomic mass is 10.3. The zero-order valence-corrected chi connectivity index (χ0v) is 8.02. The molecule has 0 atom stereocenters. The van der Waals surface area contributed by atoms with Crippen LogP contribution >= 0.6 is 12.6 Å². The molecule has 0 fully saturated rings. The van der Waals surface area contributed by atoms with Crippen molar-refractivity contribution in [1.82, 2.24) is 0 Å². The van der Waals surface area contributed by atoms with Gasteiger partial charge in [-0.25, -0.2) is 8.42 Å². The van der Waals surface area contributed by atoms with E-state index in [2.05, 4.69) is 17.9 Å². The van der Waals surface area contributed by atoms with Crippen molar-refractivity contribution in [1.29, 1.82) is 0 Å². The molecule has 1 rings (SSSR count). The monoisotopic (exact) mass is 203 g/mol. The molecule has 0 saturated heterocycles. The van der Waals surface area contributed by atoms with E-state index < -0.39 is 10.7 Å². The lowest BCUT2D eigenvalue weighted by molar-refractivity contribution is 0.616. The maximum atomic E-state index is 10.2. The second-order valence-corrected chi connectivity index (χ2v) is 3.72. The summed E-state index contributed by atoms with van der Waals surface area (Å²) in [6.07, 6.45) is 0. The first-order valence-corrected chi connectivity index (χ1v) is 5.14. The molecule has 0 saturated carbocycles. The highest BCUT2D eigenvalue weighted by Gasteiger charge is 1.91. The van der Waals surface area contributed by atoms with Gasteiger partial charge in [0, 0.05) is 10.6 Å². The van der Waals surface area contributed by atoms with Gasteiger partial charge in [-0.1, -0.05) is 6.07 Å². The van der Waals surface area contributed by atoms with Crippen LogP contribution in [-0.2, 0) is 10.7 Å². The van der Waals surface area contributed by atoms with Gasteiger partial charge in [-0.2, -0.15) is 0 Å². The van der Waals surface area contributed by atoms with Crippen molar-refractivity contribution >= 4 is 29.0 Å². The summed E-state index contributed by atoms with van der Waals surface area (Å²) in [5.41, 5.74) is 0.765. The normalized spacial score (nSPS) is 10.2. The summed E-state index contributed by atoms with van der Waals surface area (Å²) in [5, 5.41) is 2.74. The molecule has 3 nitrogen and oxygen atoms in total. The molecule has 12 heavy (non-hydrogen) atoms. The molecule has 1 aromatic rings.